The maximum Gasteiger partial charge on any atom is 0.255 e. The first-order valence-electron chi connectivity index (χ1n) is 22.0. The van der Waals surface area contributed by atoms with Crippen LogP contribution >= 0.6 is 0 Å². The second-order valence-corrected chi connectivity index (χ2v) is 27.4. The Kier molecular flexibility index (Phi) is 12.3. The Bertz CT molecular complexity index is 2190. The van der Waals surface area contributed by atoms with Crippen molar-refractivity contribution < 1.29 is 18.4 Å². The first kappa shape index (κ1) is 43.1. The zero-order valence-corrected chi connectivity index (χ0v) is 38.8. The van der Waals surface area contributed by atoms with E-state index >= 15 is 0 Å². The van der Waals surface area contributed by atoms with E-state index in [2.05, 4.69) is 136 Å². The molecule has 10 heteroatoms. The summed E-state index contributed by atoms with van der Waals surface area (Å²) in [5.41, 5.74) is 4.79. The van der Waals surface area contributed by atoms with Crippen molar-refractivity contribution in [3.8, 4) is 11.4 Å². The molecule has 0 spiro atoms. The number of carbonyl (C=O) groups excluding carboxylic acids is 2. The lowest BCUT2D eigenvalue weighted by Crippen LogP contribution is -2.55. The number of likely N-dealkylation sites (tertiary alicyclic amines) is 2. The Labute approximate surface area is 369 Å². The lowest BCUT2D eigenvalue weighted by Gasteiger charge is -2.47. The number of nitrogens with zero attached hydrogens (tertiary/aromatic N) is 4. The summed E-state index contributed by atoms with van der Waals surface area (Å²) in [6.07, 6.45) is 6.67. The van der Waals surface area contributed by atoms with E-state index in [1.54, 1.807) is 12.4 Å². The monoisotopic (exact) mass is 858 g/mol. The first-order valence-corrected chi connectivity index (χ1v) is 28.8. The van der Waals surface area contributed by atoms with Crippen molar-refractivity contribution in [3.63, 3.8) is 0 Å². The summed E-state index contributed by atoms with van der Waals surface area (Å²) in [4.78, 5) is 42.6. The highest BCUT2D eigenvalue weighted by Gasteiger charge is 2.53. The van der Waals surface area contributed by atoms with Crippen LogP contribution in [-0.4, -0.2) is 73.4 Å². The molecule has 2 atom stereocenters. The number of hydrogen-bond donors (Lipinski definition) is 0. The van der Waals surface area contributed by atoms with Crippen LogP contribution in [0.5, 0.6) is 0 Å². The Balaban J connectivity index is 1.05. The minimum Gasteiger partial charge on any atom is -0.402 e. The lowest BCUT2D eigenvalue weighted by molar-refractivity contribution is 0.0125. The zero-order chi connectivity index (χ0) is 43.5. The molecule has 2 saturated heterocycles. The van der Waals surface area contributed by atoms with E-state index in [-0.39, 0.29) is 23.9 Å². The summed E-state index contributed by atoms with van der Waals surface area (Å²) in [5.74, 6) is -0.146. The average molecular weight is 859 g/mol. The third-order valence-corrected chi connectivity index (χ3v) is 13.9. The number of benzene rings is 4. The van der Waals surface area contributed by atoms with Gasteiger partial charge in [0.1, 0.15) is 11.2 Å². The topological polar surface area (TPSA) is 84.9 Å². The molecular weight excluding hydrogens is 801 g/mol. The van der Waals surface area contributed by atoms with Gasteiger partial charge in [0.15, 0.2) is 16.6 Å². The van der Waals surface area contributed by atoms with Crippen molar-refractivity contribution in [1.82, 2.24) is 19.8 Å². The summed E-state index contributed by atoms with van der Waals surface area (Å²) in [6.45, 7) is 14.5. The Morgan fingerprint density at radius 3 is 1.05 bits per heavy atom. The van der Waals surface area contributed by atoms with E-state index < -0.39 is 27.8 Å². The smallest absolute Gasteiger partial charge is 0.255 e. The van der Waals surface area contributed by atoms with E-state index in [1.165, 1.54) is 0 Å². The van der Waals surface area contributed by atoms with Crippen LogP contribution in [0.15, 0.2) is 158 Å². The van der Waals surface area contributed by atoms with E-state index in [1.807, 2.05) is 58.3 Å². The van der Waals surface area contributed by atoms with Crippen LogP contribution in [0.2, 0.25) is 39.3 Å². The highest BCUT2D eigenvalue weighted by atomic mass is 28.4. The molecule has 0 N–H and O–H groups in total. The molecule has 0 radical (unpaired) electrons. The van der Waals surface area contributed by atoms with Gasteiger partial charge < -0.3 is 18.7 Å². The number of hydrogen-bond acceptors (Lipinski definition) is 6. The Morgan fingerprint density at radius 2 is 0.790 bits per heavy atom. The molecule has 318 valence electrons. The fraction of sp³-hybridized carbons (Fsp3) is 0.308. The molecule has 62 heavy (non-hydrogen) atoms. The van der Waals surface area contributed by atoms with Gasteiger partial charge in [0.2, 0.25) is 0 Å². The van der Waals surface area contributed by atoms with Crippen molar-refractivity contribution in [2.75, 3.05) is 13.1 Å². The van der Waals surface area contributed by atoms with Gasteiger partial charge in [-0.1, -0.05) is 121 Å². The van der Waals surface area contributed by atoms with Gasteiger partial charge in [0.05, 0.1) is 34.6 Å². The second-order valence-electron chi connectivity index (χ2n) is 18.5. The predicted molar refractivity (Wildman–Crippen MR) is 252 cm³/mol. The minimum absolute atomic E-state index is 0.0729. The predicted octanol–water partition coefficient (Wildman–Crippen LogP) is 10.9. The molecule has 4 heterocycles. The van der Waals surface area contributed by atoms with Crippen molar-refractivity contribution in [1.29, 1.82) is 0 Å². The molecule has 0 saturated carbocycles. The highest BCUT2D eigenvalue weighted by Crippen LogP contribution is 2.47. The van der Waals surface area contributed by atoms with Gasteiger partial charge in [-0.05, 0) is 111 Å². The SMILES string of the molecule is C[Si](C)(C)OC(c1ccccc1)(c1ccccc1)[C@@H]1CCCN1C(=O)c1ccc(-c2ccc(C(=O)N3CCC[C@H]3C(O[Si](C)(C)C)(c3ccccc3)c3ccccc3)cn2)nc1. The lowest BCUT2D eigenvalue weighted by atomic mass is 9.79. The van der Waals surface area contributed by atoms with Crippen LogP contribution in [0.1, 0.15) is 68.7 Å². The molecule has 0 aliphatic carbocycles. The molecule has 8 rings (SSSR count). The largest absolute Gasteiger partial charge is 0.402 e. The van der Waals surface area contributed by atoms with Gasteiger partial charge in [-0.15, -0.1) is 0 Å². The van der Waals surface area contributed by atoms with E-state index in [0.717, 1.165) is 47.9 Å². The summed E-state index contributed by atoms with van der Waals surface area (Å²) in [5, 5.41) is 0. The van der Waals surface area contributed by atoms with Gasteiger partial charge in [0, 0.05) is 25.5 Å². The molecule has 6 aromatic rings. The maximum atomic E-state index is 14.6. The van der Waals surface area contributed by atoms with Crippen molar-refractivity contribution in [2.24, 2.45) is 0 Å². The molecule has 0 unspecified atom stereocenters. The van der Waals surface area contributed by atoms with Crippen LogP contribution in [0.4, 0.5) is 0 Å². The number of pyridine rings is 2. The first-order chi connectivity index (χ1) is 29.8. The molecule has 8 nitrogen and oxygen atoms in total. The average Bonchev–Trinajstić information content (AvgIpc) is 4.00. The molecule has 4 aromatic carbocycles. The highest BCUT2D eigenvalue weighted by molar-refractivity contribution is 6.70. The summed E-state index contributed by atoms with van der Waals surface area (Å²) >= 11 is 0. The van der Waals surface area contributed by atoms with Gasteiger partial charge in [0.25, 0.3) is 11.8 Å². The maximum absolute atomic E-state index is 14.6. The molecule has 2 aliphatic rings. The van der Waals surface area contributed by atoms with Crippen LogP contribution in [-0.2, 0) is 20.1 Å². The van der Waals surface area contributed by atoms with Gasteiger partial charge >= 0.3 is 0 Å². The number of rotatable bonds is 13. The normalized spacial score (nSPS) is 17.3. The quantitative estimate of drug-likeness (QED) is 0.108. The van der Waals surface area contributed by atoms with E-state index in [9.17, 15) is 9.59 Å². The van der Waals surface area contributed by atoms with Crippen molar-refractivity contribution >= 4 is 28.4 Å². The standard InChI is InChI=1S/C52H58N4O4Si2/c1-61(2,3)59-51(41-21-11-7-12-22-41,42-23-13-8-14-24-42)47-29-19-35-55(47)49(57)39-31-33-45(53-37-39)46-34-32-40(38-54-46)50(58)56-36-20-30-48(56)52(60-62(4,5)6,43-25-15-9-16-26-43)44-27-17-10-18-28-44/h7-18,21-28,31-34,37-38,47-48H,19-20,29-30,35-36H2,1-6H3/t47-,48-/m0/s1. The third kappa shape index (κ3) is 8.61. The third-order valence-electron chi connectivity index (χ3n) is 12.0. The molecule has 2 amide bonds. The second kappa shape index (κ2) is 17.7. The van der Waals surface area contributed by atoms with Crippen LogP contribution < -0.4 is 0 Å². The van der Waals surface area contributed by atoms with Crippen molar-refractivity contribution in [2.45, 2.75) is 88.3 Å². The van der Waals surface area contributed by atoms with Gasteiger partial charge in [-0.25, -0.2) is 0 Å². The molecule has 0 bridgehead atoms. The Hall–Kier alpha value is -5.53. The van der Waals surface area contributed by atoms with Crippen LogP contribution in [0, 0.1) is 0 Å². The summed E-state index contributed by atoms with van der Waals surface area (Å²) in [6, 6.07) is 48.5. The Morgan fingerprint density at radius 1 is 0.484 bits per heavy atom. The fourth-order valence-electron chi connectivity index (χ4n) is 9.72. The van der Waals surface area contributed by atoms with Crippen LogP contribution in [0.25, 0.3) is 11.4 Å². The van der Waals surface area contributed by atoms with Crippen molar-refractivity contribution in [3.05, 3.63) is 191 Å². The summed E-state index contributed by atoms with van der Waals surface area (Å²) < 4.78 is 14.6. The molecule has 2 fully saturated rings. The van der Waals surface area contributed by atoms with Crippen LogP contribution in [0.3, 0.4) is 0 Å². The number of amides is 2. The van der Waals surface area contributed by atoms with E-state index in [0.29, 0.717) is 35.6 Å². The number of carbonyl (C=O) groups is 2. The minimum atomic E-state index is -2.17. The number of aromatic nitrogens is 2. The molecule has 2 aromatic heterocycles. The van der Waals surface area contributed by atoms with E-state index in [4.69, 9.17) is 18.8 Å². The summed E-state index contributed by atoms with van der Waals surface area (Å²) in [7, 11) is -4.34. The van der Waals surface area contributed by atoms with Gasteiger partial charge in [-0.3, -0.25) is 19.6 Å². The molecular formula is C52H58N4O4Si2. The molecule has 2 aliphatic heterocycles. The zero-order valence-electron chi connectivity index (χ0n) is 36.8. The van der Waals surface area contributed by atoms with Gasteiger partial charge in [-0.2, -0.15) is 0 Å². The fourth-order valence-corrected chi connectivity index (χ4v) is 12.4.